The highest BCUT2D eigenvalue weighted by atomic mass is 32.2. The Morgan fingerprint density at radius 3 is 2.20 bits per heavy atom. The van der Waals surface area contributed by atoms with Crippen molar-refractivity contribution in [1.29, 1.82) is 0 Å². The summed E-state index contributed by atoms with van der Waals surface area (Å²) in [6, 6.07) is 24.1. The van der Waals surface area contributed by atoms with Crippen molar-refractivity contribution in [1.82, 2.24) is 19.7 Å². The Hall–Kier alpha value is -3.00. The molecule has 150 valence electrons. The first-order valence-corrected chi connectivity index (χ1v) is 10.6. The molecule has 2 aromatic carbocycles. The molecule has 0 saturated carbocycles. The van der Waals surface area contributed by atoms with Gasteiger partial charge in [-0.2, -0.15) is 0 Å². The molecule has 0 atom stereocenters. The standard InChI is InChI=1S/C23H20N4O2S/c1-3-7-18(8-4-1)17-27-21(19-11-13-24-14-12-19)25-26-22(27)30-23(28-15-16-29-23)20-9-5-2-6-10-20/h1-14H,15-17H2. The molecule has 1 aliphatic heterocycles. The van der Waals surface area contributed by atoms with E-state index >= 15 is 0 Å². The highest BCUT2D eigenvalue weighted by Crippen LogP contribution is 2.46. The molecule has 7 heteroatoms. The summed E-state index contributed by atoms with van der Waals surface area (Å²) in [5, 5.41) is 8.82. The second-order valence-corrected chi connectivity index (χ2v) is 7.94. The van der Waals surface area contributed by atoms with Gasteiger partial charge in [-0.3, -0.25) is 9.55 Å². The minimum absolute atomic E-state index is 0.534. The number of benzene rings is 2. The van der Waals surface area contributed by atoms with Crippen LogP contribution in [-0.2, 0) is 21.1 Å². The normalized spacial score (nSPS) is 15.3. The van der Waals surface area contributed by atoms with E-state index in [1.807, 2.05) is 60.7 Å². The van der Waals surface area contributed by atoms with Crippen LogP contribution in [0, 0.1) is 0 Å². The SMILES string of the molecule is c1ccc(Cn2c(SC3(c4ccccc4)OCCO3)nnc2-c2ccncc2)cc1. The smallest absolute Gasteiger partial charge is 0.253 e. The third-order valence-corrected chi connectivity index (χ3v) is 6.08. The van der Waals surface area contributed by atoms with Crippen LogP contribution in [0.2, 0.25) is 0 Å². The molecule has 0 radical (unpaired) electrons. The van der Waals surface area contributed by atoms with Crippen molar-refractivity contribution in [2.24, 2.45) is 0 Å². The molecular formula is C23H20N4O2S. The molecule has 0 spiro atoms. The Morgan fingerprint density at radius 1 is 0.833 bits per heavy atom. The van der Waals surface area contributed by atoms with Gasteiger partial charge in [-0.25, -0.2) is 0 Å². The summed E-state index contributed by atoms with van der Waals surface area (Å²) in [5.41, 5.74) is 3.07. The van der Waals surface area contributed by atoms with Gasteiger partial charge in [0.15, 0.2) is 11.0 Å². The Labute approximate surface area is 178 Å². The van der Waals surface area contributed by atoms with Crippen LogP contribution in [0.5, 0.6) is 0 Å². The fraction of sp³-hybridized carbons (Fsp3) is 0.174. The summed E-state index contributed by atoms with van der Waals surface area (Å²) in [4.78, 5) is 4.12. The van der Waals surface area contributed by atoms with Crippen LogP contribution >= 0.6 is 11.8 Å². The lowest BCUT2D eigenvalue weighted by Gasteiger charge is -2.26. The maximum Gasteiger partial charge on any atom is 0.253 e. The summed E-state index contributed by atoms with van der Waals surface area (Å²) in [6.07, 6.45) is 3.52. The van der Waals surface area contributed by atoms with E-state index in [0.717, 1.165) is 27.7 Å². The predicted molar refractivity (Wildman–Crippen MR) is 115 cm³/mol. The van der Waals surface area contributed by atoms with E-state index in [2.05, 4.69) is 31.9 Å². The van der Waals surface area contributed by atoms with Crippen LogP contribution in [0.15, 0.2) is 90.3 Å². The number of rotatable bonds is 6. The van der Waals surface area contributed by atoms with E-state index in [4.69, 9.17) is 9.47 Å². The van der Waals surface area contributed by atoms with Gasteiger partial charge in [0.2, 0.25) is 0 Å². The largest absolute Gasteiger partial charge is 0.335 e. The monoisotopic (exact) mass is 416 g/mol. The molecule has 0 N–H and O–H groups in total. The summed E-state index contributed by atoms with van der Waals surface area (Å²) in [6.45, 7) is 1.70. The molecule has 0 unspecified atom stereocenters. The summed E-state index contributed by atoms with van der Waals surface area (Å²) in [5.74, 6) is 0.782. The number of pyridine rings is 1. The van der Waals surface area contributed by atoms with Crippen molar-refractivity contribution in [2.45, 2.75) is 16.8 Å². The van der Waals surface area contributed by atoms with Gasteiger partial charge in [-0.05, 0) is 29.5 Å². The lowest BCUT2D eigenvalue weighted by atomic mass is 10.2. The highest BCUT2D eigenvalue weighted by Gasteiger charge is 2.42. The van der Waals surface area contributed by atoms with Crippen molar-refractivity contribution in [3.8, 4) is 11.4 Å². The van der Waals surface area contributed by atoms with Crippen LogP contribution in [-0.4, -0.2) is 33.0 Å². The van der Waals surface area contributed by atoms with Crippen LogP contribution in [0.25, 0.3) is 11.4 Å². The zero-order valence-electron chi connectivity index (χ0n) is 16.2. The number of hydrogen-bond acceptors (Lipinski definition) is 6. The molecule has 0 bridgehead atoms. The second kappa shape index (κ2) is 8.39. The van der Waals surface area contributed by atoms with Crippen molar-refractivity contribution in [3.05, 3.63) is 96.3 Å². The molecule has 2 aromatic heterocycles. The molecule has 3 heterocycles. The van der Waals surface area contributed by atoms with E-state index < -0.39 is 5.12 Å². The number of aromatic nitrogens is 4. The fourth-order valence-corrected chi connectivity index (χ4v) is 4.55. The van der Waals surface area contributed by atoms with E-state index in [-0.39, 0.29) is 0 Å². The molecule has 4 aromatic rings. The highest BCUT2D eigenvalue weighted by molar-refractivity contribution is 7.99. The topological polar surface area (TPSA) is 62.1 Å². The van der Waals surface area contributed by atoms with Gasteiger partial charge in [0, 0.05) is 23.5 Å². The fourth-order valence-electron chi connectivity index (χ4n) is 3.43. The maximum absolute atomic E-state index is 6.10. The lowest BCUT2D eigenvalue weighted by Crippen LogP contribution is -2.23. The number of ether oxygens (including phenoxy) is 2. The van der Waals surface area contributed by atoms with Crippen molar-refractivity contribution >= 4 is 11.8 Å². The third kappa shape index (κ3) is 3.75. The van der Waals surface area contributed by atoms with E-state index in [0.29, 0.717) is 19.8 Å². The van der Waals surface area contributed by atoms with Crippen LogP contribution in [0.4, 0.5) is 0 Å². The Balaban J connectivity index is 1.57. The van der Waals surface area contributed by atoms with Crippen LogP contribution in [0.1, 0.15) is 11.1 Å². The summed E-state index contributed by atoms with van der Waals surface area (Å²) in [7, 11) is 0. The van der Waals surface area contributed by atoms with Gasteiger partial charge in [0.1, 0.15) is 0 Å². The first-order valence-electron chi connectivity index (χ1n) is 9.74. The molecule has 1 saturated heterocycles. The molecular weight excluding hydrogens is 396 g/mol. The molecule has 0 aliphatic carbocycles. The Morgan fingerprint density at radius 2 is 1.50 bits per heavy atom. The van der Waals surface area contributed by atoms with Crippen LogP contribution < -0.4 is 0 Å². The van der Waals surface area contributed by atoms with Crippen LogP contribution in [0.3, 0.4) is 0 Å². The Bertz CT molecular complexity index is 1100. The molecule has 30 heavy (non-hydrogen) atoms. The average molecular weight is 417 g/mol. The van der Waals surface area contributed by atoms with Crippen molar-refractivity contribution in [3.63, 3.8) is 0 Å². The van der Waals surface area contributed by atoms with Gasteiger partial charge in [-0.1, -0.05) is 60.7 Å². The zero-order valence-corrected chi connectivity index (χ0v) is 17.0. The van der Waals surface area contributed by atoms with E-state index in [9.17, 15) is 0 Å². The minimum atomic E-state index is -0.932. The minimum Gasteiger partial charge on any atom is -0.335 e. The second-order valence-electron chi connectivity index (χ2n) is 6.84. The van der Waals surface area contributed by atoms with Gasteiger partial charge < -0.3 is 9.47 Å². The van der Waals surface area contributed by atoms with E-state index in [1.165, 1.54) is 11.8 Å². The van der Waals surface area contributed by atoms with Gasteiger partial charge in [-0.15, -0.1) is 10.2 Å². The number of hydrogen-bond donors (Lipinski definition) is 0. The average Bonchev–Trinajstić information content (AvgIpc) is 3.44. The summed E-state index contributed by atoms with van der Waals surface area (Å²) < 4.78 is 14.3. The third-order valence-electron chi connectivity index (χ3n) is 4.86. The molecule has 5 rings (SSSR count). The number of thioether (sulfide) groups is 1. The summed E-state index contributed by atoms with van der Waals surface area (Å²) >= 11 is 1.44. The van der Waals surface area contributed by atoms with Crippen molar-refractivity contribution < 1.29 is 9.47 Å². The van der Waals surface area contributed by atoms with E-state index in [1.54, 1.807) is 12.4 Å². The van der Waals surface area contributed by atoms with Crippen molar-refractivity contribution in [2.75, 3.05) is 13.2 Å². The van der Waals surface area contributed by atoms with Gasteiger partial charge >= 0.3 is 0 Å². The number of nitrogens with zero attached hydrogens (tertiary/aromatic N) is 4. The maximum atomic E-state index is 6.10. The van der Waals surface area contributed by atoms with Gasteiger partial charge in [0.25, 0.3) is 5.12 Å². The first kappa shape index (κ1) is 19.0. The molecule has 1 fully saturated rings. The molecule has 0 amide bonds. The zero-order chi connectivity index (χ0) is 20.2. The molecule has 1 aliphatic rings. The molecule has 6 nitrogen and oxygen atoms in total. The Kier molecular flexibility index (Phi) is 5.31. The predicted octanol–water partition coefficient (Wildman–Crippen LogP) is 4.34. The lowest BCUT2D eigenvalue weighted by molar-refractivity contribution is -0.0818. The first-order chi connectivity index (χ1) is 14.8. The quantitative estimate of drug-likeness (QED) is 0.466. The van der Waals surface area contributed by atoms with Gasteiger partial charge in [0.05, 0.1) is 19.8 Å².